The van der Waals surface area contributed by atoms with Crippen molar-refractivity contribution in [2.75, 3.05) is 31.4 Å². The number of hydrogen-bond acceptors (Lipinski definition) is 6. The standard InChI is InChI=1S/C12H14ClN5S/c1-14-10-15-11(18(2)3)17-12(16-10)19-9-6-4-5-8(13)7-9/h4-7H,1-3H3,(H,14,15,16,17). The summed E-state index contributed by atoms with van der Waals surface area (Å²) in [6.07, 6.45) is 0. The number of nitrogens with one attached hydrogen (secondary N) is 1. The molecule has 0 saturated carbocycles. The third-order valence-electron chi connectivity index (χ3n) is 2.23. The van der Waals surface area contributed by atoms with Gasteiger partial charge in [-0.15, -0.1) is 0 Å². The zero-order chi connectivity index (χ0) is 13.8. The quantitative estimate of drug-likeness (QED) is 0.936. The summed E-state index contributed by atoms with van der Waals surface area (Å²) in [5.74, 6) is 1.16. The Bertz CT molecular complexity index is 576. The topological polar surface area (TPSA) is 53.9 Å². The van der Waals surface area contributed by atoms with E-state index in [0.717, 1.165) is 4.90 Å². The minimum absolute atomic E-state index is 0.545. The summed E-state index contributed by atoms with van der Waals surface area (Å²) in [4.78, 5) is 15.8. The van der Waals surface area contributed by atoms with Gasteiger partial charge in [0.05, 0.1) is 0 Å². The van der Waals surface area contributed by atoms with Gasteiger partial charge < -0.3 is 10.2 Å². The molecule has 0 saturated heterocycles. The molecule has 0 aliphatic heterocycles. The molecule has 0 atom stereocenters. The summed E-state index contributed by atoms with van der Waals surface area (Å²) in [6.45, 7) is 0. The molecular formula is C12H14ClN5S. The second-order valence-electron chi connectivity index (χ2n) is 3.95. The van der Waals surface area contributed by atoms with Crippen LogP contribution in [0.5, 0.6) is 0 Å². The Kier molecular flexibility index (Phi) is 4.44. The van der Waals surface area contributed by atoms with Gasteiger partial charge in [0.2, 0.25) is 11.9 Å². The molecule has 7 heteroatoms. The number of halogens is 1. The van der Waals surface area contributed by atoms with E-state index >= 15 is 0 Å². The SMILES string of the molecule is CNc1nc(Sc2cccc(Cl)c2)nc(N(C)C)n1. The van der Waals surface area contributed by atoms with Crippen LogP contribution in [0, 0.1) is 0 Å². The van der Waals surface area contributed by atoms with Gasteiger partial charge in [0, 0.05) is 31.1 Å². The third kappa shape index (κ3) is 3.71. The number of nitrogens with zero attached hydrogens (tertiary/aromatic N) is 4. The van der Waals surface area contributed by atoms with Crippen molar-refractivity contribution in [2.45, 2.75) is 10.1 Å². The minimum atomic E-state index is 0.545. The monoisotopic (exact) mass is 295 g/mol. The highest BCUT2D eigenvalue weighted by molar-refractivity contribution is 7.99. The van der Waals surface area contributed by atoms with Crippen LogP contribution in [0.15, 0.2) is 34.3 Å². The fourth-order valence-electron chi connectivity index (χ4n) is 1.34. The molecule has 0 amide bonds. The van der Waals surface area contributed by atoms with Crippen molar-refractivity contribution >= 4 is 35.3 Å². The van der Waals surface area contributed by atoms with Crippen LogP contribution in [0.4, 0.5) is 11.9 Å². The maximum atomic E-state index is 5.96. The van der Waals surface area contributed by atoms with Gasteiger partial charge in [-0.1, -0.05) is 17.7 Å². The smallest absolute Gasteiger partial charge is 0.230 e. The molecule has 1 aromatic carbocycles. The Labute approximate surface area is 121 Å². The number of anilines is 2. The molecule has 2 rings (SSSR count). The van der Waals surface area contributed by atoms with Crippen LogP contribution in [0.1, 0.15) is 0 Å². The Morgan fingerprint density at radius 2 is 2.00 bits per heavy atom. The van der Waals surface area contributed by atoms with Crippen LogP contribution in [0.2, 0.25) is 5.02 Å². The van der Waals surface area contributed by atoms with E-state index < -0.39 is 0 Å². The van der Waals surface area contributed by atoms with E-state index in [9.17, 15) is 0 Å². The maximum absolute atomic E-state index is 5.96. The van der Waals surface area contributed by atoms with E-state index in [1.165, 1.54) is 11.8 Å². The van der Waals surface area contributed by atoms with Crippen molar-refractivity contribution in [2.24, 2.45) is 0 Å². The molecule has 0 aliphatic carbocycles. The molecule has 0 fully saturated rings. The summed E-state index contributed by atoms with van der Waals surface area (Å²) >= 11 is 7.41. The lowest BCUT2D eigenvalue weighted by atomic mass is 10.4. The molecule has 0 unspecified atom stereocenters. The average Bonchev–Trinajstić information content (AvgIpc) is 2.38. The molecule has 1 aromatic heterocycles. The fourth-order valence-corrected chi connectivity index (χ4v) is 2.40. The second-order valence-corrected chi connectivity index (χ2v) is 5.42. The zero-order valence-corrected chi connectivity index (χ0v) is 12.5. The molecular weight excluding hydrogens is 282 g/mol. The van der Waals surface area contributed by atoms with Crippen LogP contribution < -0.4 is 10.2 Å². The van der Waals surface area contributed by atoms with Gasteiger partial charge in [-0.05, 0) is 30.0 Å². The number of aromatic nitrogens is 3. The lowest BCUT2D eigenvalue weighted by molar-refractivity contribution is 0.870. The maximum Gasteiger partial charge on any atom is 0.230 e. The predicted octanol–water partition coefficient (Wildman–Crippen LogP) is 2.78. The first-order chi connectivity index (χ1) is 9.08. The molecule has 2 aromatic rings. The largest absolute Gasteiger partial charge is 0.357 e. The summed E-state index contributed by atoms with van der Waals surface area (Å²) in [6, 6.07) is 7.58. The van der Waals surface area contributed by atoms with Gasteiger partial charge in [0.15, 0.2) is 5.16 Å². The van der Waals surface area contributed by atoms with E-state index in [4.69, 9.17) is 11.6 Å². The van der Waals surface area contributed by atoms with Crippen molar-refractivity contribution in [1.82, 2.24) is 15.0 Å². The highest BCUT2D eigenvalue weighted by Crippen LogP contribution is 2.28. The molecule has 0 bridgehead atoms. The molecule has 19 heavy (non-hydrogen) atoms. The molecule has 0 radical (unpaired) electrons. The van der Waals surface area contributed by atoms with Crippen LogP contribution in [0.25, 0.3) is 0 Å². The van der Waals surface area contributed by atoms with Gasteiger partial charge in [-0.2, -0.15) is 15.0 Å². The van der Waals surface area contributed by atoms with Crippen LogP contribution in [-0.4, -0.2) is 36.1 Å². The Balaban J connectivity index is 2.31. The van der Waals surface area contributed by atoms with E-state index in [1.54, 1.807) is 7.05 Å². The molecule has 0 spiro atoms. The van der Waals surface area contributed by atoms with Crippen LogP contribution >= 0.6 is 23.4 Å². The highest BCUT2D eigenvalue weighted by Gasteiger charge is 2.08. The van der Waals surface area contributed by atoms with Gasteiger partial charge in [0.25, 0.3) is 0 Å². The van der Waals surface area contributed by atoms with Gasteiger partial charge >= 0.3 is 0 Å². The first-order valence-electron chi connectivity index (χ1n) is 5.63. The summed E-state index contributed by atoms with van der Waals surface area (Å²) < 4.78 is 0. The number of hydrogen-bond donors (Lipinski definition) is 1. The van der Waals surface area contributed by atoms with E-state index in [-0.39, 0.29) is 0 Å². The van der Waals surface area contributed by atoms with Crippen molar-refractivity contribution in [3.05, 3.63) is 29.3 Å². The highest BCUT2D eigenvalue weighted by atomic mass is 35.5. The van der Waals surface area contributed by atoms with Crippen LogP contribution in [0.3, 0.4) is 0 Å². The number of benzene rings is 1. The first kappa shape index (κ1) is 13.9. The van der Waals surface area contributed by atoms with Gasteiger partial charge in [0.1, 0.15) is 0 Å². The lowest BCUT2D eigenvalue weighted by Crippen LogP contribution is -2.15. The van der Waals surface area contributed by atoms with Crippen molar-refractivity contribution < 1.29 is 0 Å². The third-order valence-corrected chi connectivity index (χ3v) is 3.32. The predicted molar refractivity (Wildman–Crippen MR) is 79.3 cm³/mol. The summed E-state index contributed by atoms with van der Waals surface area (Å²) in [7, 11) is 5.56. The number of rotatable bonds is 4. The van der Waals surface area contributed by atoms with Crippen LogP contribution in [-0.2, 0) is 0 Å². The van der Waals surface area contributed by atoms with Crippen molar-refractivity contribution in [1.29, 1.82) is 0 Å². The Hall–Kier alpha value is -1.53. The second kappa shape index (κ2) is 6.08. The molecule has 1 N–H and O–H groups in total. The first-order valence-corrected chi connectivity index (χ1v) is 6.82. The molecule has 1 heterocycles. The Morgan fingerprint density at radius 3 is 2.63 bits per heavy atom. The summed E-state index contributed by atoms with van der Waals surface area (Å²) in [5.41, 5.74) is 0. The Morgan fingerprint density at radius 1 is 1.21 bits per heavy atom. The van der Waals surface area contributed by atoms with Gasteiger partial charge in [-0.3, -0.25) is 0 Å². The van der Waals surface area contributed by atoms with E-state index in [0.29, 0.717) is 22.1 Å². The fraction of sp³-hybridized carbons (Fsp3) is 0.250. The van der Waals surface area contributed by atoms with E-state index in [1.807, 2.05) is 43.3 Å². The molecule has 100 valence electrons. The lowest BCUT2D eigenvalue weighted by Gasteiger charge is -2.12. The van der Waals surface area contributed by atoms with E-state index in [2.05, 4.69) is 20.3 Å². The molecule has 0 aliphatic rings. The minimum Gasteiger partial charge on any atom is -0.357 e. The molecule has 5 nitrogen and oxygen atoms in total. The summed E-state index contributed by atoms with van der Waals surface area (Å²) in [5, 5.41) is 4.26. The van der Waals surface area contributed by atoms with Gasteiger partial charge in [-0.25, -0.2) is 0 Å². The normalized spacial score (nSPS) is 10.3. The zero-order valence-electron chi connectivity index (χ0n) is 10.9. The van der Waals surface area contributed by atoms with Crippen molar-refractivity contribution in [3.8, 4) is 0 Å². The van der Waals surface area contributed by atoms with Crippen molar-refractivity contribution in [3.63, 3.8) is 0 Å². The average molecular weight is 296 g/mol.